The first-order valence-electron chi connectivity index (χ1n) is 6.57. The summed E-state index contributed by atoms with van der Waals surface area (Å²) in [6, 6.07) is 0.572. The molecular formula is C13H26N2O3. The maximum atomic E-state index is 11.3. The Morgan fingerprint density at radius 1 is 1.67 bits per heavy atom. The number of carboxylic acid groups (broad SMARTS) is 1. The quantitative estimate of drug-likeness (QED) is 0.742. The molecule has 5 heteroatoms. The molecule has 1 heterocycles. The van der Waals surface area contributed by atoms with Crippen molar-refractivity contribution in [2.24, 2.45) is 0 Å². The zero-order valence-corrected chi connectivity index (χ0v) is 12.1. The predicted molar refractivity (Wildman–Crippen MR) is 70.8 cm³/mol. The van der Waals surface area contributed by atoms with Gasteiger partial charge >= 0.3 is 5.97 Å². The zero-order valence-electron chi connectivity index (χ0n) is 12.1. The molecule has 0 amide bonds. The van der Waals surface area contributed by atoms with Gasteiger partial charge in [0.1, 0.15) is 5.54 Å². The highest BCUT2D eigenvalue weighted by Gasteiger charge is 2.37. The van der Waals surface area contributed by atoms with E-state index in [9.17, 15) is 9.90 Å². The van der Waals surface area contributed by atoms with Gasteiger partial charge in [0.2, 0.25) is 0 Å². The molecule has 5 nitrogen and oxygen atoms in total. The SMILES string of the molecule is CNC(C)(CC(C)N(C)C1CCOC1C)C(=O)O. The van der Waals surface area contributed by atoms with Crippen molar-refractivity contribution >= 4 is 5.97 Å². The van der Waals surface area contributed by atoms with Crippen molar-refractivity contribution in [1.29, 1.82) is 0 Å². The third kappa shape index (κ3) is 3.22. The van der Waals surface area contributed by atoms with Gasteiger partial charge in [-0.2, -0.15) is 0 Å². The highest BCUT2D eigenvalue weighted by molar-refractivity contribution is 5.78. The van der Waals surface area contributed by atoms with Gasteiger partial charge in [-0.25, -0.2) is 0 Å². The lowest BCUT2D eigenvalue weighted by Gasteiger charge is -2.36. The second kappa shape index (κ2) is 5.99. The van der Waals surface area contributed by atoms with Crippen LogP contribution in [0.5, 0.6) is 0 Å². The van der Waals surface area contributed by atoms with Crippen molar-refractivity contribution in [3.8, 4) is 0 Å². The lowest BCUT2D eigenvalue weighted by Crippen LogP contribution is -2.53. The first-order valence-corrected chi connectivity index (χ1v) is 6.57. The highest BCUT2D eigenvalue weighted by atomic mass is 16.5. The number of likely N-dealkylation sites (N-methyl/N-ethyl adjacent to an activating group) is 2. The minimum Gasteiger partial charge on any atom is -0.480 e. The van der Waals surface area contributed by atoms with Crippen LogP contribution in [0.1, 0.15) is 33.6 Å². The number of rotatable bonds is 6. The summed E-state index contributed by atoms with van der Waals surface area (Å²) in [5.74, 6) is -0.805. The fraction of sp³-hybridized carbons (Fsp3) is 0.923. The van der Waals surface area contributed by atoms with Crippen molar-refractivity contribution < 1.29 is 14.6 Å². The van der Waals surface area contributed by atoms with Crippen LogP contribution < -0.4 is 5.32 Å². The molecule has 2 N–H and O–H groups in total. The van der Waals surface area contributed by atoms with E-state index in [1.165, 1.54) is 0 Å². The second-order valence-corrected chi connectivity index (χ2v) is 5.54. The lowest BCUT2D eigenvalue weighted by atomic mass is 9.92. The number of carboxylic acids is 1. The molecular weight excluding hydrogens is 232 g/mol. The van der Waals surface area contributed by atoms with Gasteiger partial charge in [-0.05, 0) is 47.7 Å². The number of ether oxygens (including phenoxy) is 1. The minimum atomic E-state index is -0.879. The Balaban J connectivity index is 2.64. The van der Waals surface area contributed by atoms with Gasteiger partial charge in [0, 0.05) is 18.7 Å². The maximum absolute atomic E-state index is 11.3. The summed E-state index contributed by atoms with van der Waals surface area (Å²) >= 11 is 0. The van der Waals surface area contributed by atoms with Crippen LogP contribution in [0.3, 0.4) is 0 Å². The molecule has 0 saturated carbocycles. The smallest absolute Gasteiger partial charge is 0.323 e. The van der Waals surface area contributed by atoms with E-state index in [2.05, 4.69) is 31.1 Å². The molecule has 0 aromatic heterocycles. The highest BCUT2D eigenvalue weighted by Crippen LogP contribution is 2.23. The summed E-state index contributed by atoms with van der Waals surface area (Å²) in [6.45, 7) is 6.68. The van der Waals surface area contributed by atoms with E-state index in [0.29, 0.717) is 12.5 Å². The van der Waals surface area contributed by atoms with Crippen molar-refractivity contribution in [3.63, 3.8) is 0 Å². The van der Waals surface area contributed by atoms with Gasteiger partial charge in [-0.15, -0.1) is 0 Å². The van der Waals surface area contributed by atoms with Gasteiger partial charge in [-0.3, -0.25) is 9.69 Å². The third-order valence-electron chi connectivity index (χ3n) is 4.28. The van der Waals surface area contributed by atoms with E-state index in [4.69, 9.17) is 4.74 Å². The summed E-state index contributed by atoms with van der Waals surface area (Å²) in [5.41, 5.74) is -0.879. The number of nitrogens with zero attached hydrogens (tertiary/aromatic N) is 1. The Hall–Kier alpha value is -0.650. The van der Waals surface area contributed by atoms with Crippen LogP contribution in [-0.4, -0.2) is 60.4 Å². The number of carbonyl (C=O) groups is 1. The van der Waals surface area contributed by atoms with E-state index in [0.717, 1.165) is 13.0 Å². The Morgan fingerprint density at radius 2 is 2.28 bits per heavy atom. The topological polar surface area (TPSA) is 61.8 Å². The summed E-state index contributed by atoms with van der Waals surface area (Å²) in [7, 11) is 3.75. The van der Waals surface area contributed by atoms with Gasteiger partial charge in [0.05, 0.1) is 6.10 Å². The van der Waals surface area contributed by atoms with Crippen molar-refractivity contribution in [2.45, 2.75) is 57.3 Å². The molecule has 4 atom stereocenters. The molecule has 1 aliphatic rings. The molecule has 0 radical (unpaired) electrons. The number of nitrogens with one attached hydrogen (secondary N) is 1. The average molecular weight is 258 g/mol. The van der Waals surface area contributed by atoms with Crippen molar-refractivity contribution in [2.75, 3.05) is 20.7 Å². The number of hydrogen-bond donors (Lipinski definition) is 2. The molecule has 0 aliphatic carbocycles. The molecule has 1 fully saturated rings. The van der Waals surface area contributed by atoms with Gasteiger partial charge in [0.25, 0.3) is 0 Å². The molecule has 0 spiro atoms. The average Bonchev–Trinajstić information content (AvgIpc) is 2.73. The summed E-state index contributed by atoms with van der Waals surface area (Å²) in [5, 5.41) is 12.2. The molecule has 18 heavy (non-hydrogen) atoms. The molecule has 0 aromatic carbocycles. The maximum Gasteiger partial charge on any atom is 0.323 e. The number of hydrogen-bond acceptors (Lipinski definition) is 4. The van der Waals surface area contributed by atoms with E-state index in [1.807, 2.05) is 0 Å². The fourth-order valence-corrected chi connectivity index (χ4v) is 2.61. The van der Waals surface area contributed by atoms with Gasteiger partial charge in [0.15, 0.2) is 0 Å². The Morgan fingerprint density at radius 3 is 2.67 bits per heavy atom. The molecule has 4 unspecified atom stereocenters. The molecule has 1 saturated heterocycles. The van der Waals surface area contributed by atoms with E-state index in [-0.39, 0.29) is 12.1 Å². The molecule has 1 rings (SSSR count). The first-order chi connectivity index (χ1) is 8.31. The molecule has 106 valence electrons. The summed E-state index contributed by atoms with van der Waals surface area (Å²) < 4.78 is 5.57. The standard InChI is InChI=1S/C13H26N2O3/c1-9(8-13(3,14-4)12(16)17)15(5)11-6-7-18-10(11)2/h9-11,14H,6-8H2,1-5H3,(H,16,17). The summed E-state index contributed by atoms with van der Waals surface area (Å²) in [6.07, 6.45) is 1.81. The third-order valence-corrected chi connectivity index (χ3v) is 4.28. The van der Waals surface area contributed by atoms with Crippen molar-refractivity contribution in [3.05, 3.63) is 0 Å². The minimum absolute atomic E-state index is 0.188. The normalized spacial score (nSPS) is 29.2. The van der Waals surface area contributed by atoms with Gasteiger partial charge < -0.3 is 15.2 Å². The molecule has 0 aromatic rings. The van der Waals surface area contributed by atoms with Crippen LogP contribution >= 0.6 is 0 Å². The Bertz CT molecular complexity index is 298. The van der Waals surface area contributed by atoms with Gasteiger partial charge in [-0.1, -0.05) is 0 Å². The monoisotopic (exact) mass is 258 g/mol. The number of aliphatic carboxylic acids is 1. The summed E-state index contributed by atoms with van der Waals surface area (Å²) in [4.78, 5) is 13.5. The van der Waals surface area contributed by atoms with Crippen LogP contribution in [0.15, 0.2) is 0 Å². The van der Waals surface area contributed by atoms with Crippen LogP contribution in [0.2, 0.25) is 0 Å². The first kappa shape index (κ1) is 15.4. The fourth-order valence-electron chi connectivity index (χ4n) is 2.61. The van der Waals surface area contributed by atoms with Crippen LogP contribution in [0.25, 0.3) is 0 Å². The van der Waals surface area contributed by atoms with E-state index < -0.39 is 11.5 Å². The van der Waals surface area contributed by atoms with Crippen molar-refractivity contribution in [1.82, 2.24) is 10.2 Å². The van der Waals surface area contributed by atoms with Crippen LogP contribution in [0, 0.1) is 0 Å². The molecule has 0 bridgehead atoms. The van der Waals surface area contributed by atoms with E-state index >= 15 is 0 Å². The van der Waals surface area contributed by atoms with Crippen LogP contribution in [-0.2, 0) is 9.53 Å². The van der Waals surface area contributed by atoms with Crippen LogP contribution in [0.4, 0.5) is 0 Å². The second-order valence-electron chi connectivity index (χ2n) is 5.54. The largest absolute Gasteiger partial charge is 0.480 e. The predicted octanol–water partition coefficient (Wildman–Crippen LogP) is 0.937. The van der Waals surface area contributed by atoms with E-state index in [1.54, 1.807) is 14.0 Å². The Labute approximate surface area is 109 Å². The lowest BCUT2D eigenvalue weighted by molar-refractivity contribution is -0.144. The molecule has 1 aliphatic heterocycles. The zero-order chi connectivity index (χ0) is 13.9. The Kier molecular flexibility index (Phi) is 5.13.